The number of rotatable bonds is 4. The lowest BCUT2D eigenvalue weighted by atomic mass is 10.2. The summed E-state index contributed by atoms with van der Waals surface area (Å²) in [6.07, 6.45) is 0. The molecule has 7 heteroatoms. The summed E-state index contributed by atoms with van der Waals surface area (Å²) in [5.74, 6) is 2.68. The van der Waals surface area contributed by atoms with Crippen LogP contribution in [0.25, 0.3) is 0 Å². The fourth-order valence-corrected chi connectivity index (χ4v) is 3.69. The number of carbonyl (C=O) groups is 1. The van der Waals surface area contributed by atoms with Gasteiger partial charge in [0.2, 0.25) is 0 Å². The maximum absolute atomic E-state index is 12.5. The van der Waals surface area contributed by atoms with Crippen LogP contribution in [0.15, 0.2) is 17.5 Å². The second-order valence-electron chi connectivity index (χ2n) is 5.96. The van der Waals surface area contributed by atoms with E-state index in [2.05, 4.69) is 20.2 Å². The predicted molar refractivity (Wildman–Crippen MR) is 98.1 cm³/mol. The molecule has 1 aliphatic rings. The van der Waals surface area contributed by atoms with E-state index < -0.39 is 0 Å². The molecule has 1 amide bonds. The summed E-state index contributed by atoms with van der Waals surface area (Å²) in [5, 5.41) is 5.26. The topological polar surface area (TPSA) is 61.4 Å². The second kappa shape index (κ2) is 7.17. The first-order valence-corrected chi connectivity index (χ1v) is 9.13. The molecule has 0 saturated carbocycles. The molecule has 1 aliphatic heterocycles. The minimum Gasteiger partial charge on any atom is -0.370 e. The van der Waals surface area contributed by atoms with Crippen molar-refractivity contribution in [3.05, 3.63) is 33.8 Å². The zero-order chi connectivity index (χ0) is 17.1. The number of aryl methyl sites for hydroxylation is 2. The number of carbonyl (C=O) groups excluding carboxylic acids is 1. The van der Waals surface area contributed by atoms with Crippen LogP contribution in [0.2, 0.25) is 0 Å². The first-order chi connectivity index (χ1) is 11.6. The normalized spacial score (nSPS) is 14.8. The highest BCUT2D eigenvalue weighted by Crippen LogP contribution is 2.20. The van der Waals surface area contributed by atoms with E-state index in [4.69, 9.17) is 0 Å². The molecule has 1 saturated heterocycles. The number of thiophene rings is 1. The van der Waals surface area contributed by atoms with E-state index in [1.54, 1.807) is 0 Å². The SMILES string of the molecule is CCNc1cc(N2CCN(C(=O)c3cc(C)cs3)CC2)nc(C)n1. The lowest BCUT2D eigenvalue weighted by Gasteiger charge is -2.35. The number of anilines is 2. The minimum absolute atomic E-state index is 0.139. The second-order valence-corrected chi connectivity index (χ2v) is 6.87. The Morgan fingerprint density at radius 2 is 1.96 bits per heavy atom. The molecule has 0 aliphatic carbocycles. The van der Waals surface area contributed by atoms with Crippen molar-refractivity contribution in [3.8, 4) is 0 Å². The van der Waals surface area contributed by atoms with Gasteiger partial charge < -0.3 is 15.1 Å². The number of aromatic nitrogens is 2. The van der Waals surface area contributed by atoms with Crippen LogP contribution in [0.1, 0.15) is 28.0 Å². The maximum atomic E-state index is 12.5. The molecule has 2 aromatic heterocycles. The number of hydrogen-bond acceptors (Lipinski definition) is 6. The van der Waals surface area contributed by atoms with Crippen LogP contribution in [0.5, 0.6) is 0 Å². The zero-order valence-electron chi connectivity index (χ0n) is 14.4. The molecule has 0 aromatic carbocycles. The zero-order valence-corrected chi connectivity index (χ0v) is 15.2. The summed E-state index contributed by atoms with van der Waals surface area (Å²) < 4.78 is 0. The van der Waals surface area contributed by atoms with Crippen LogP contribution >= 0.6 is 11.3 Å². The Kier molecular flexibility index (Phi) is 4.99. The molecule has 1 N–H and O–H groups in total. The average Bonchev–Trinajstić information content (AvgIpc) is 3.00. The molecule has 24 heavy (non-hydrogen) atoms. The van der Waals surface area contributed by atoms with Gasteiger partial charge in [-0.3, -0.25) is 4.79 Å². The average molecular weight is 345 g/mol. The number of nitrogens with one attached hydrogen (secondary N) is 1. The van der Waals surface area contributed by atoms with Crippen molar-refractivity contribution in [2.75, 3.05) is 42.9 Å². The van der Waals surface area contributed by atoms with Crippen LogP contribution in [0.3, 0.4) is 0 Å². The van der Waals surface area contributed by atoms with Crippen molar-refractivity contribution in [2.24, 2.45) is 0 Å². The Morgan fingerprint density at radius 1 is 1.21 bits per heavy atom. The lowest BCUT2D eigenvalue weighted by molar-refractivity contribution is 0.0751. The van der Waals surface area contributed by atoms with Crippen molar-refractivity contribution in [3.63, 3.8) is 0 Å². The van der Waals surface area contributed by atoms with Gasteiger partial charge in [-0.05, 0) is 37.8 Å². The van der Waals surface area contributed by atoms with Crippen LogP contribution in [-0.2, 0) is 0 Å². The van der Waals surface area contributed by atoms with E-state index in [-0.39, 0.29) is 5.91 Å². The Balaban J connectivity index is 1.65. The summed E-state index contributed by atoms with van der Waals surface area (Å²) in [6, 6.07) is 3.95. The third kappa shape index (κ3) is 3.67. The smallest absolute Gasteiger partial charge is 0.264 e. The Labute approximate surface area is 146 Å². The molecule has 0 spiro atoms. The molecular weight excluding hydrogens is 322 g/mol. The quantitative estimate of drug-likeness (QED) is 0.923. The fourth-order valence-electron chi connectivity index (χ4n) is 2.82. The van der Waals surface area contributed by atoms with E-state index >= 15 is 0 Å². The number of amides is 1. The lowest BCUT2D eigenvalue weighted by Crippen LogP contribution is -2.49. The molecule has 6 nitrogen and oxygen atoms in total. The summed E-state index contributed by atoms with van der Waals surface area (Å²) in [5.41, 5.74) is 1.15. The van der Waals surface area contributed by atoms with Gasteiger partial charge in [0.15, 0.2) is 0 Å². The fraction of sp³-hybridized carbons (Fsp3) is 0.471. The highest BCUT2D eigenvalue weighted by molar-refractivity contribution is 7.12. The number of piperazine rings is 1. The van der Waals surface area contributed by atoms with E-state index in [1.807, 2.05) is 43.2 Å². The predicted octanol–water partition coefficient (Wildman–Crippen LogP) is 2.55. The molecule has 0 radical (unpaired) electrons. The molecular formula is C17H23N5OS. The monoisotopic (exact) mass is 345 g/mol. The van der Waals surface area contributed by atoms with E-state index in [9.17, 15) is 4.79 Å². The molecule has 0 bridgehead atoms. The first kappa shape index (κ1) is 16.7. The summed E-state index contributed by atoms with van der Waals surface area (Å²) >= 11 is 1.52. The van der Waals surface area contributed by atoms with Crippen molar-refractivity contribution in [2.45, 2.75) is 20.8 Å². The van der Waals surface area contributed by atoms with Gasteiger partial charge in [-0.2, -0.15) is 0 Å². The Bertz CT molecular complexity index is 722. The van der Waals surface area contributed by atoms with Crippen LogP contribution < -0.4 is 10.2 Å². The van der Waals surface area contributed by atoms with Gasteiger partial charge in [0.25, 0.3) is 5.91 Å². The molecule has 3 rings (SSSR count). The van der Waals surface area contributed by atoms with E-state index in [0.29, 0.717) is 0 Å². The van der Waals surface area contributed by atoms with Gasteiger partial charge in [0.05, 0.1) is 4.88 Å². The standard InChI is InChI=1S/C17H23N5OS/c1-4-18-15-10-16(20-13(3)19-15)21-5-7-22(8-6-21)17(23)14-9-12(2)11-24-14/h9-11H,4-8H2,1-3H3,(H,18,19,20). The Morgan fingerprint density at radius 3 is 2.58 bits per heavy atom. The highest BCUT2D eigenvalue weighted by Gasteiger charge is 2.24. The summed E-state index contributed by atoms with van der Waals surface area (Å²) in [7, 11) is 0. The Hall–Kier alpha value is -2.15. The molecule has 128 valence electrons. The largest absolute Gasteiger partial charge is 0.370 e. The van der Waals surface area contributed by atoms with Gasteiger partial charge >= 0.3 is 0 Å². The molecule has 1 fully saturated rings. The van der Waals surface area contributed by atoms with E-state index in [0.717, 1.165) is 60.6 Å². The van der Waals surface area contributed by atoms with Crippen LogP contribution in [0.4, 0.5) is 11.6 Å². The van der Waals surface area contributed by atoms with Gasteiger partial charge in [-0.1, -0.05) is 0 Å². The number of nitrogens with zero attached hydrogens (tertiary/aromatic N) is 4. The van der Waals surface area contributed by atoms with Crippen LogP contribution in [0, 0.1) is 13.8 Å². The molecule has 0 atom stereocenters. The van der Waals surface area contributed by atoms with Gasteiger partial charge in [-0.15, -0.1) is 11.3 Å². The number of hydrogen-bond donors (Lipinski definition) is 1. The van der Waals surface area contributed by atoms with Gasteiger partial charge in [0, 0.05) is 38.8 Å². The maximum Gasteiger partial charge on any atom is 0.264 e. The van der Waals surface area contributed by atoms with Gasteiger partial charge in [0.1, 0.15) is 17.5 Å². The van der Waals surface area contributed by atoms with Gasteiger partial charge in [-0.25, -0.2) is 9.97 Å². The highest BCUT2D eigenvalue weighted by atomic mass is 32.1. The summed E-state index contributed by atoms with van der Waals surface area (Å²) in [4.78, 5) is 26.4. The third-order valence-corrected chi connectivity index (χ3v) is 5.05. The molecule has 0 unspecified atom stereocenters. The van der Waals surface area contributed by atoms with Crippen LogP contribution in [-0.4, -0.2) is 53.5 Å². The minimum atomic E-state index is 0.139. The third-order valence-electron chi connectivity index (χ3n) is 4.01. The summed E-state index contributed by atoms with van der Waals surface area (Å²) in [6.45, 7) is 9.82. The first-order valence-electron chi connectivity index (χ1n) is 8.25. The van der Waals surface area contributed by atoms with Crippen molar-refractivity contribution >= 4 is 28.9 Å². The van der Waals surface area contributed by atoms with Crippen molar-refractivity contribution in [1.29, 1.82) is 0 Å². The van der Waals surface area contributed by atoms with Crippen molar-refractivity contribution in [1.82, 2.24) is 14.9 Å². The molecule has 3 heterocycles. The van der Waals surface area contributed by atoms with E-state index in [1.165, 1.54) is 11.3 Å². The van der Waals surface area contributed by atoms with Crippen molar-refractivity contribution < 1.29 is 4.79 Å². The molecule has 2 aromatic rings.